The number of hydrogen-bond acceptors (Lipinski definition) is 7. The molecule has 31 heavy (non-hydrogen) atoms. The summed E-state index contributed by atoms with van der Waals surface area (Å²) >= 11 is 1.19. The molecule has 2 aromatic carbocycles. The molecule has 0 radical (unpaired) electrons. The number of nitrogens with two attached hydrogens (primary N) is 1. The largest absolute Gasteiger partial charge is 0.497 e. The number of nitrogens with zero attached hydrogens (tertiary/aromatic N) is 2. The summed E-state index contributed by atoms with van der Waals surface area (Å²) in [6, 6.07) is 11.6. The van der Waals surface area contributed by atoms with Gasteiger partial charge in [-0.1, -0.05) is 19.1 Å². The van der Waals surface area contributed by atoms with E-state index >= 15 is 0 Å². The fourth-order valence-electron chi connectivity index (χ4n) is 2.80. The van der Waals surface area contributed by atoms with Crippen LogP contribution in [-0.2, 0) is 21.2 Å². The molecule has 3 N–H and O–H groups in total. The van der Waals surface area contributed by atoms with Gasteiger partial charge in [0.15, 0.2) is 0 Å². The summed E-state index contributed by atoms with van der Waals surface area (Å²) in [5.74, 6) is -0.302. The number of aromatic nitrogens is 2. The molecule has 3 rings (SSSR count). The number of carbonyl (C=O) groups is 1. The number of nitrogens with one attached hydrogen (secondary N) is 1. The van der Waals surface area contributed by atoms with E-state index < -0.39 is 21.6 Å². The Bertz CT molecular complexity index is 1190. The summed E-state index contributed by atoms with van der Waals surface area (Å²) in [6.45, 7) is 1.46. The van der Waals surface area contributed by atoms with Crippen molar-refractivity contribution in [1.82, 2.24) is 9.78 Å². The van der Waals surface area contributed by atoms with Crippen LogP contribution in [0.2, 0.25) is 0 Å². The van der Waals surface area contributed by atoms with Crippen LogP contribution in [0.15, 0.2) is 63.3 Å². The number of nitrogen functional groups attached to an aromatic ring is 1. The van der Waals surface area contributed by atoms with Crippen molar-refractivity contribution in [3.8, 4) is 5.75 Å². The average molecular weight is 465 g/mol. The van der Waals surface area contributed by atoms with Gasteiger partial charge in [0.1, 0.15) is 33.9 Å². The molecular formula is C20H21FN4O4S2. The first-order chi connectivity index (χ1) is 14.8. The molecule has 0 aliphatic heterocycles. The Labute approximate surface area is 183 Å². The maximum absolute atomic E-state index is 13.8. The van der Waals surface area contributed by atoms with Crippen LogP contribution < -0.4 is 15.8 Å². The average Bonchev–Trinajstić information content (AvgIpc) is 3.05. The molecule has 0 spiro atoms. The first-order valence-electron chi connectivity index (χ1n) is 9.20. The van der Waals surface area contributed by atoms with E-state index in [4.69, 9.17) is 10.5 Å². The lowest BCUT2D eigenvalue weighted by molar-refractivity contribution is -0.116. The zero-order chi connectivity index (χ0) is 22.6. The molecule has 0 unspecified atom stereocenters. The van der Waals surface area contributed by atoms with Crippen molar-refractivity contribution in [3.63, 3.8) is 0 Å². The first kappa shape index (κ1) is 22.6. The van der Waals surface area contributed by atoms with Gasteiger partial charge >= 0.3 is 0 Å². The SMILES string of the molecule is CCSc1nn(CC(=O)Nc2ccccc2F)c(N)c1S(=O)(=O)c1ccc(OC)cc1. The molecule has 0 saturated heterocycles. The molecule has 0 bridgehead atoms. The number of amides is 1. The molecule has 0 fully saturated rings. The fraction of sp³-hybridized carbons (Fsp3) is 0.200. The lowest BCUT2D eigenvalue weighted by atomic mass is 10.3. The van der Waals surface area contributed by atoms with E-state index in [0.29, 0.717) is 11.5 Å². The molecule has 0 aliphatic carbocycles. The van der Waals surface area contributed by atoms with Crippen LogP contribution >= 0.6 is 11.8 Å². The van der Waals surface area contributed by atoms with E-state index in [0.717, 1.165) is 4.68 Å². The summed E-state index contributed by atoms with van der Waals surface area (Å²) in [4.78, 5) is 12.2. The van der Waals surface area contributed by atoms with Crippen molar-refractivity contribution in [2.24, 2.45) is 0 Å². The predicted molar refractivity (Wildman–Crippen MR) is 117 cm³/mol. The highest BCUT2D eigenvalue weighted by atomic mass is 32.2. The quantitative estimate of drug-likeness (QED) is 0.492. The van der Waals surface area contributed by atoms with Gasteiger partial charge in [-0.05, 0) is 42.2 Å². The second-order valence-corrected chi connectivity index (χ2v) is 9.46. The summed E-state index contributed by atoms with van der Waals surface area (Å²) < 4.78 is 46.4. The van der Waals surface area contributed by atoms with Crippen molar-refractivity contribution in [3.05, 3.63) is 54.3 Å². The van der Waals surface area contributed by atoms with Gasteiger partial charge in [-0.25, -0.2) is 17.5 Å². The number of carbonyl (C=O) groups excluding carboxylic acids is 1. The Morgan fingerprint density at radius 2 is 1.90 bits per heavy atom. The maximum atomic E-state index is 13.8. The number of para-hydroxylation sites is 1. The number of rotatable bonds is 8. The number of benzene rings is 2. The Kier molecular flexibility index (Phi) is 6.86. The molecule has 11 heteroatoms. The van der Waals surface area contributed by atoms with Gasteiger partial charge in [0, 0.05) is 0 Å². The van der Waals surface area contributed by atoms with Crippen molar-refractivity contribution in [2.45, 2.75) is 28.3 Å². The lowest BCUT2D eigenvalue weighted by Crippen LogP contribution is -2.21. The summed E-state index contributed by atoms with van der Waals surface area (Å²) in [5, 5.41) is 6.84. The Morgan fingerprint density at radius 3 is 2.52 bits per heavy atom. The molecule has 1 aromatic heterocycles. The molecule has 0 atom stereocenters. The van der Waals surface area contributed by atoms with E-state index in [1.807, 2.05) is 6.92 Å². The summed E-state index contributed by atoms with van der Waals surface area (Å²) in [5.41, 5.74) is 6.12. The van der Waals surface area contributed by atoms with Crippen LogP contribution in [0.5, 0.6) is 5.75 Å². The van der Waals surface area contributed by atoms with E-state index in [2.05, 4.69) is 10.4 Å². The number of halogens is 1. The van der Waals surface area contributed by atoms with Crippen LogP contribution in [0.25, 0.3) is 0 Å². The molecule has 1 amide bonds. The van der Waals surface area contributed by atoms with Crippen LogP contribution in [0.3, 0.4) is 0 Å². The smallest absolute Gasteiger partial charge is 0.246 e. The van der Waals surface area contributed by atoms with Gasteiger partial charge in [-0.3, -0.25) is 4.79 Å². The molecule has 8 nitrogen and oxygen atoms in total. The summed E-state index contributed by atoms with van der Waals surface area (Å²) in [7, 11) is -2.52. The zero-order valence-corrected chi connectivity index (χ0v) is 18.5. The van der Waals surface area contributed by atoms with E-state index in [1.54, 1.807) is 6.07 Å². The van der Waals surface area contributed by atoms with E-state index in [-0.39, 0.29) is 32.9 Å². The molecular weight excluding hydrogens is 443 g/mol. The third-order valence-corrected chi connectivity index (χ3v) is 7.09. The van der Waals surface area contributed by atoms with Gasteiger partial charge in [0.05, 0.1) is 17.7 Å². The third-order valence-electron chi connectivity index (χ3n) is 4.28. The van der Waals surface area contributed by atoms with Crippen molar-refractivity contribution in [1.29, 1.82) is 0 Å². The highest BCUT2D eigenvalue weighted by molar-refractivity contribution is 8.00. The number of hydrogen-bond donors (Lipinski definition) is 2. The van der Waals surface area contributed by atoms with Gasteiger partial charge < -0.3 is 15.8 Å². The lowest BCUT2D eigenvalue weighted by Gasteiger charge is -2.08. The predicted octanol–water partition coefficient (Wildman–Crippen LogP) is 3.20. The monoisotopic (exact) mass is 464 g/mol. The zero-order valence-electron chi connectivity index (χ0n) is 16.8. The fourth-order valence-corrected chi connectivity index (χ4v) is 5.35. The van der Waals surface area contributed by atoms with Crippen molar-refractivity contribution >= 4 is 39.0 Å². The first-order valence-corrected chi connectivity index (χ1v) is 11.7. The van der Waals surface area contributed by atoms with Crippen molar-refractivity contribution < 1.29 is 22.3 Å². The number of sulfone groups is 1. The molecule has 164 valence electrons. The second kappa shape index (κ2) is 9.40. The second-order valence-electron chi connectivity index (χ2n) is 6.32. The normalized spacial score (nSPS) is 11.3. The number of anilines is 2. The van der Waals surface area contributed by atoms with Gasteiger partial charge in [-0.15, -0.1) is 11.8 Å². The molecule has 1 heterocycles. The third kappa shape index (κ3) is 4.83. The number of thioether (sulfide) groups is 1. The molecule has 3 aromatic rings. The Morgan fingerprint density at radius 1 is 1.23 bits per heavy atom. The topological polar surface area (TPSA) is 116 Å². The van der Waals surface area contributed by atoms with Crippen molar-refractivity contribution in [2.75, 3.05) is 23.9 Å². The number of methoxy groups -OCH3 is 1. The van der Waals surface area contributed by atoms with E-state index in [1.165, 1.54) is 61.3 Å². The standard InChI is InChI=1S/C20H21FN4O4S2/c1-3-30-20-18(31(27,28)14-10-8-13(29-2)9-11-14)19(22)25(24-20)12-17(26)23-16-7-5-4-6-15(16)21/h4-11H,3,12,22H2,1-2H3,(H,23,26). The molecule has 0 aliphatic rings. The summed E-state index contributed by atoms with van der Waals surface area (Å²) in [6.07, 6.45) is 0. The maximum Gasteiger partial charge on any atom is 0.246 e. The molecule has 0 saturated carbocycles. The minimum Gasteiger partial charge on any atom is -0.497 e. The van der Waals surface area contributed by atoms with Gasteiger partial charge in [0.2, 0.25) is 15.7 Å². The van der Waals surface area contributed by atoms with Crippen LogP contribution in [0.4, 0.5) is 15.9 Å². The van der Waals surface area contributed by atoms with Gasteiger partial charge in [-0.2, -0.15) is 5.10 Å². The van der Waals surface area contributed by atoms with Crippen LogP contribution in [-0.4, -0.2) is 37.0 Å². The van der Waals surface area contributed by atoms with E-state index in [9.17, 15) is 17.6 Å². The Hall–Kier alpha value is -3.05. The van der Waals surface area contributed by atoms with Crippen LogP contribution in [0.1, 0.15) is 6.92 Å². The minimum absolute atomic E-state index is 0.00691. The van der Waals surface area contributed by atoms with Crippen LogP contribution in [0, 0.1) is 5.82 Å². The number of ether oxygens (including phenoxy) is 1. The Balaban J connectivity index is 1.94. The minimum atomic E-state index is -4.00. The highest BCUT2D eigenvalue weighted by Gasteiger charge is 2.30. The van der Waals surface area contributed by atoms with Gasteiger partial charge in [0.25, 0.3) is 0 Å². The highest BCUT2D eigenvalue weighted by Crippen LogP contribution is 2.35.